The van der Waals surface area contributed by atoms with E-state index in [0.29, 0.717) is 17.9 Å². The van der Waals surface area contributed by atoms with Crippen molar-refractivity contribution in [2.45, 2.75) is 12.5 Å². The fraction of sp³-hybridized carbons (Fsp3) is 0.200. The monoisotopic (exact) mass is 401 g/mol. The van der Waals surface area contributed by atoms with E-state index in [4.69, 9.17) is 4.74 Å². The van der Waals surface area contributed by atoms with Gasteiger partial charge in [-0.05, 0) is 43.3 Å². The maximum absolute atomic E-state index is 12.9. The number of rotatable bonds is 5. The molecule has 152 valence electrons. The van der Waals surface area contributed by atoms with Crippen LogP contribution in [0, 0.1) is 6.92 Å². The lowest BCUT2D eigenvalue weighted by Crippen LogP contribution is -2.53. The fourth-order valence-electron chi connectivity index (χ4n) is 4.19. The highest BCUT2D eigenvalue weighted by molar-refractivity contribution is 6.12. The number of methoxy groups -OCH3 is 1. The van der Waals surface area contributed by atoms with Crippen molar-refractivity contribution >= 4 is 17.5 Å². The van der Waals surface area contributed by atoms with Crippen LogP contribution in [0.4, 0.5) is 5.69 Å². The van der Waals surface area contributed by atoms with Gasteiger partial charge in [0.15, 0.2) is 0 Å². The zero-order valence-electron chi connectivity index (χ0n) is 17.4. The van der Waals surface area contributed by atoms with Crippen LogP contribution in [0.15, 0.2) is 78.9 Å². The van der Waals surface area contributed by atoms with Gasteiger partial charge in [0.25, 0.3) is 11.4 Å². The number of ether oxygens (including phenoxy) is 1. The van der Waals surface area contributed by atoms with Crippen molar-refractivity contribution in [3.05, 3.63) is 95.6 Å². The maximum Gasteiger partial charge on any atom is 0.361 e. The zero-order valence-corrected chi connectivity index (χ0v) is 17.4. The molecule has 30 heavy (non-hydrogen) atoms. The van der Waals surface area contributed by atoms with Crippen molar-refractivity contribution in [1.82, 2.24) is 0 Å². The predicted molar refractivity (Wildman–Crippen MR) is 118 cm³/mol. The van der Waals surface area contributed by atoms with Gasteiger partial charge in [0.05, 0.1) is 19.7 Å². The largest absolute Gasteiger partial charge is 0.497 e. The Bertz CT molecular complexity index is 1090. The van der Waals surface area contributed by atoms with E-state index in [1.54, 1.807) is 7.11 Å². The molecule has 1 N–H and O–H groups in total. The molecule has 0 aliphatic carbocycles. The first-order valence-electron chi connectivity index (χ1n) is 9.85. The van der Waals surface area contributed by atoms with Gasteiger partial charge in [-0.15, -0.1) is 0 Å². The fourth-order valence-corrected chi connectivity index (χ4v) is 4.19. The number of carboxylic acid groups (broad SMARTS) is 1. The summed E-state index contributed by atoms with van der Waals surface area (Å²) in [5.74, 6) is 0.657. The standard InChI is InChI=1S/C25H24N2O3/c1-18-9-11-19(12-10-18)23-26(2)17-25(24(28)29,20-13-15-22(30-3)16-14-20)27(23)21-7-5-4-6-8-21/h4-16H,17H2,1-3H3/p+1. The highest BCUT2D eigenvalue weighted by Gasteiger charge is 2.60. The van der Waals surface area contributed by atoms with Crippen LogP contribution in [0.2, 0.25) is 0 Å². The molecule has 0 radical (unpaired) electrons. The molecule has 4 rings (SSSR count). The van der Waals surface area contributed by atoms with Gasteiger partial charge < -0.3 is 9.84 Å². The number of aryl methyl sites for hydroxylation is 1. The minimum absolute atomic E-state index is 0.312. The van der Waals surface area contributed by atoms with E-state index in [1.165, 1.54) is 0 Å². The highest BCUT2D eigenvalue weighted by atomic mass is 16.5. The summed E-state index contributed by atoms with van der Waals surface area (Å²) < 4.78 is 7.31. The highest BCUT2D eigenvalue weighted by Crippen LogP contribution is 2.39. The Morgan fingerprint density at radius 1 is 1.00 bits per heavy atom. The molecule has 5 heteroatoms. The normalized spacial score (nSPS) is 18.6. The number of hydrogen-bond acceptors (Lipinski definition) is 3. The van der Waals surface area contributed by atoms with Crippen LogP contribution in [-0.4, -0.2) is 42.2 Å². The van der Waals surface area contributed by atoms with E-state index in [9.17, 15) is 9.90 Å². The van der Waals surface area contributed by atoms with Gasteiger partial charge in [0, 0.05) is 5.56 Å². The summed E-state index contributed by atoms with van der Waals surface area (Å²) in [6.07, 6.45) is 0. The zero-order chi connectivity index (χ0) is 21.3. The Balaban J connectivity index is 1.96. The molecule has 0 amide bonds. The van der Waals surface area contributed by atoms with Crippen LogP contribution in [0.1, 0.15) is 16.7 Å². The number of para-hydroxylation sites is 1. The molecular weight excluding hydrogens is 376 g/mol. The van der Waals surface area contributed by atoms with Crippen LogP contribution < -0.4 is 9.64 Å². The second-order valence-corrected chi connectivity index (χ2v) is 7.61. The lowest BCUT2D eigenvalue weighted by atomic mass is 9.87. The lowest BCUT2D eigenvalue weighted by Gasteiger charge is -2.30. The van der Waals surface area contributed by atoms with Crippen molar-refractivity contribution in [2.75, 3.05) is 25.6 Å². The molecule has 5 nitrogen and oxygen atoms in total. The third kappa shape index (κ3) is 3.12. The molecule has 0 saturated carbocycles. The minimum atomic E-state index is -1.28. The van der Waals surface area contributed by atoms with E-state index in [1.807, 2.05) is 102 Å². The molecular formula is C25H25N2O3+. The van der Waals surface area contributed by atoms with Crippen molar-refractivity contribution < 1.29 is 19.2 Å². The van der Waals surface area contributed by atoms with E-state index < -0.39 is 11.5 Å². The number of hydrogen-bond donors (Lipinski definition) is 1. The number of likely N-dealkylation sites (N-methyl/N-ethyl adjacent to an activating group) is 1. The van der Waals surface area contributed by atoms with E-state index in [-0.39, 0.29) is 0 Å². The summed E-state index contributed by atoms with van der Waals surface area (Å²) in [7, 11) is 3.55. The molecule has 0 saturated heterocycles. The Labute approximate surface area is 176 Å². The summed E-state index contributed by atoms with van der Waals surface area (Å²) in [4.78, 5) is 14.9. The summed E-state index contributed by atoms with van der Waals surface area (Å²) in [5.41, 5.74) is 2.39. The van der Waals surface area contributed by atoms with Crippen molar-refractivity contribution in [3.63, 3.8) is 0 Å². The molecule has 1 heterocycles. The summed E-state index contributed by atoms with van der Waals surface area (Å²) >= 11 is 0. The second kappa shape index (κ2) is 7.67. The first-order chi connectivity index (χ1) is 14.5. The molecule has 0 bridgehead atoms. The smallest absolute Gasteiger partial charge is 0.361 e. The average Bonchev–Trinajstić information content (AvgIpc) is 3.09. The molecule has 0 aromatic heterocycles. The minimum Gasteiger partial charge on any atom is -0.497 e. The Kier molecular flexibility index (Phi) is 5.04. The van der Waals surface area contributed by atoms with Crippen LogP contribution >= 0.6 is 0 Å². The van der Waals surface area contributed by atoms with E-state index in [0.717, 1.165) is 22.6 Å². The third-order valence-electron chi connectivity index (χ3n) is 5.67. The average molecular weight is 401 g/mol. The quantitative estimate of drug-likeness (QED) is 0.659. The number of benzene rings is 3. The third-order valence-corrected chi connectivity index (χ3v) is 5.67. The number of nitrogens with zero attached hydrogens (tertiary/aromatic N) is 2. The van der Waals surface area contributed by atoms with E-state index in [2.05, 4.69) is 0 Å². The number of carbonyl (C=O) groups is 1. The van der Waals surface area contributed by atoms with Crippen molar-refractivity contribution in [3.8, 4) is 5.75 Å². The van der Waals surface area contributed by atoms with Gasteiger partial charge in [-0.1, -0.05) is 48.0 Å². The lowest BCUT2D eigenvalue weighted by molar-refractivity contribution is -0.493. The first-order valence-corrected chi connectivity index (χ1v) is 9.85. The summed E-state index contributed by atoms with van der Waals surface area (Å²) in [5, 5.41) is 10.6. The predicted octanol–water partition coefficient (Wildman–Crippen LogP) is 3.89. The van der Waals surface area contributed by atoms with Gasteiger partial charge in [-0.2, -0.15) is 0 Å². The Morgan fingerprint density at radius 3 is 2.20 bits per heavy atom. The van der Waals surface area contributed by atoms with Crippen molar-refractivity contribution in [2.24, 2.45) is 0 Å². The maximum atomic E-state index is 12.9. The Morgan fingerprint density at radius 2 is 1.63 bits per heavy atom. The molecule has 1 aliphatic heterocycles. The molecule has 1 unspecified atom stereocenters. The topological polar surface area (TPSA) is 52.8 Å². The van der Waals surface area contributed by atoms with Crippen LogP contribution in [0.3, 0.4) is 0 Å². The molecule has 0 fully saturated rings. The first kappa shape index (κ1) is 19.7. The van der Waals surface area contributed by atoms with E-state index >= 15 is 0 Å². The second-order valence-electron chi connectivity index (χ2n) is 7.61. The van der Waals surface area contributed by atoms with Gasteiger partial charge in [0.1, 0.15) is 18.0 Å². The summed E-state index contributed by atoms with van der Waals surface area (Å²) in [6, 6.07) is 25.2. The van der Waals surface area contributed by atoms with Crippen LogP contribution in [0.25, 0.3) is 0 Å². The molecule has 0 spiro atoms. The number of anilines is 1. The summed E-state index contributed by atoms with van der Waals surface area (Å²) in [6.45, 7) is 2.35. The SMILES string of the molecule is COc1ccc(C2(C(=O)O)C[N+](C)=C(c3ccc(C)cc3)N2c2ccccc2)cc1. The van der Waals surface area contributed by atoms with Gasteiger partial charge in [-0.3, -0.25) is 4.58 Å². The number of amidine groups is 1. The number of carboxylic acids is 1. The van der Waals surface area contributed by atoms with Gasteiger partial charge in [0.2, 0.25) is 0 Å². The number of aliphatic carboxylic acids is 1. The van der Waals surface area contributed by atoms with Crippen LogP contribution in [0.5, 0.6) is 5.75 Å². The Hall–Kier alpha value is -3.60. The molecule has 1 atom stereocenters. The molecule has 1 aliphatic rings. The van der Waals surface area contributed by atoms with Gasteiger partial charge >= 0.3 is 5.97 Å². The van der Waals surface area contributed by atoms with Crippen molar-refractivity contribution in [1.29, 1.82) is 0 Å². The molecule has 3 aromatic carbocycles. The van der Waals surface area contributed by atoms with Gasteiger partial charge in [-0.25, -0.2) is 9.69 Å². The van der Waals surface area contributed by atoms with Crippen LogP contribution in [-0.2, 0) is 10.3 Å². The molecule has 3 aromatic rings.